The van der Waals surface area contributed by atoms with Crippen LogP contribution in [0.25, 0.3) is 0 Å². The molecule has 16 heavy (non-hydrogen) atoms. The predicted molar refractivity (Wildman–Crippen MR) is 59.1 cm³/mol. The second-order valence-corrected chi connectivity index (χ2v) is 3.89. The van der Waals surface area contributed by atoms with Gasteiger partial charge in [0.25, 0.3) is 5.91 Å². The molecule has 0 bridgehead atoms. The number of hydrogen-bond acceptors (Lipinski definition) is 4. The van der Waals surface area contributed by atoms with Crippen molar-refractivity contribution in [1.29, 1.82) is 0 Å². The standard InChI is InChI=1S/C11H16N2O3/c1-7(3-8(2)14)13-11(16)9-4-10(15)6-12-5-9/h4-8,14-15H,3H2,1-2H3,(H,13,16). The van der Waals surface area contributed by atoms with Crippen LogP contribution in [0.2, 0.25) is 0 Å². The van der Waals surface area contributed by atoms with E-state index in [2.05, 4.69) is 10.3 Å². The molecule has 0 aliphatic rings. The molecule has 0 aliphatic carbocycles. The Bertz CT molecular complexity index is 366. The highest BCUT2D eigenvalue weighted by atomic mass is 16.3. The van der Waals surface area contributed by atoms with E-state index in [0.717, 1.165) is 0 Å². The van der Waals surface area contributed by atoms with Crippen molar-refractivity contribution < 1.29 is 15.0 Å². The first-order chi connectivity index (χ1) is 7.49. The maximum atomic E-state index is 11.6. The van der Waals surface area contributed by atoms with E-state index < -0.39 is 6.10 Å². The molecule has 0 fully saturated rings. The van der Waals surface area contributed by atoms with Crippen LogP contribution in [0.1, 0.15) is 30.6 Å². The first kappa shape index (κ1) is 12.4. The SMILES string of the molecule is CC(O)CC(C)NC(=O)c1cncc(O)c1. The second-order valence-electron chi connectivity index (χ2n) is 3.89. The second kappa shape index (κ2) is 5.46. The predicted octanol–water partition coefficient (Wildman–Crippen LogP) is 0.676. The molecule has 0 aromatic carbocycles. The molecule has 0 radical (unpaired) electrons. The van der Waals surface area contributed by atoms with Gasteiger partial charge in [0.1, 0.15) is 5.75 Å². The summed E-state index contributed by atoms with van der Waals surface area (Å²) in [7, 11) is 0. The summed E-state index contributed by atoms with van der Waals surface area (Å²) in [4.78, 5) is 15.4. The molecule has 1 aromatic heterocycles. The molecule has 0 saturated heterocycles. The van der Waals surface area contributed by atoms with Gasteiger partial charge in [0.05, 0.1) is 17.9 Å². The lowest BCUT2D eigenvalue weighted by Gasteiger charge is -2.15. The summed E-state index contributed by atoms with van der Waals surface area (Å²) in [6, 6.07) is 1.21. The summed E-state index contributed by atoms with van der Waals surface area (Å²) in [6.45, 7) is 3.47. The van der Waals surface area contributed by atoms with E-state index >= 15 is 0 Å². The molecule has 0 spiro atoms. The van der Waals surface area contributed by atoms with E-state index in [1.165, 1.54) is 18.5 Å². The third-order valence-corrected chi connectivity index (χ3v) is 2.06. The van der Waals surface area contributed by atoms with Crippen molar-refractivity contribution in [2.24, 2.45) is 0 Å². The van der Waals surface area contributed by atoms with Gasteiger partial charge in [-0.3, -0.25) is 9.78 Å². The smallest absolute Gasteiger partial charge is 0.253 e. The zero-order valence-corrected chi connectivity index (χ0v) is 9.34. The number of hydrogen-bond donors (Lipinski definition) is 3. The lowest BCUT2D eigenvalue weighted by atomic mass is 10.1. The van der Waals surface area contributed by atoms with Crippen molar-refractivity contribution in [2.45, 2.75) is 32.4 Å². The highest BCUT2D eigenvalue weighted by Gasteiger charge is 2.12. The van der Waals surface area contributed by atoms with Crippen LogP contribution in [0, 0.1) is 0 Å². The van der Waals surface area contributed by atoms with Crippen molar-refractivity contribution in [2.75, 3.05) is 0 Å². The molecule has 1 heterocycles. The Labute approximate surface area is 94.1 Å². The van der Waals surface area contributed by atoms with Crippen LogP contribution in [-0.2, 0) is 0 Å². The fourth-order valence-electron chi connectivity index (χ4n) is 1.43. The molecular formula is C11H16N2O3. The van der Waals surface area contributed by atoms with Crippen LogP contribution in [0.15, 0.2) is 18.5 Å². The van der Waals surface area contributed by atoms with Gasteiger partial charge in [-0.1, -0.05) is 0 Å². The normalized spacial score (nSPS) is 14.2. The molecule has 5 nitrogen and oxygen atoms in total. The summed E-state index contributed by atoms with van der Waals surface area (Å²) >= 11 is 0. The fraction of sp³-hybridized carbons (Fsp3) is 0.455. The number of aromatic hydroxyl groups is 1. The highest BCUT2D eigenvalue weighted by Crippen LogP contribution is 2.08. The molecule has 5 heteroatoms. The number of pyridine rings is 1. The lowest BCUT2D eigenvalue weighted by molar-refractivity contribution is 0.0922. The highest BCUT2D eigenvalue weighted by molar-refractivity contribution is 5.94. The number of rotatable bonds is 4. The minimum absolute atomic E-state index is 0.0455. The topological polar surface area (TPSA) is 82.5 Å². The maximum absolute atomic E-state index is 11.6. The van der Waals surface area contributed by atoms with Crippen LogP contribution in [0.5, 0.6) is 5.75 Å². The van der Waals surface area contributed by atoms with Gasteiger partial charge >= 0.3 is 0 Å². The lowest BCUT2D eigenvalue weighted by Crippen LogP contribution is -2.34. The molecule has 2 unspecified atom stereocenters. The Morgan fingerprint density at radius 1 is 1.50 bits per heavy atom. The minimum Gasteiger partial charge on any atom is -0.506 e. The van der Waals surface area contributed by atoms with Gasteiger partial charge < -0.3 is 15.5 Å². The molecule has 88 valence electrons. The largest absolute Gasteiger partial charge is 0.506 e. The minimum atomic E-state index is -0.461. The fourth-order valence-corrected chi connectivity index (χ4v) is 1.43. The molecule has 1 aromatic rings. The van der Waals surface area contributed by atoms with Crippen molar-refractivity contribution in [1.82, 2.24) is 10.3 Å². The van der Waals surface area contributed by atoms with Crippen LogP contribution in [-0.4, -0.2) is 33.3 Å². The third kappa shape index (κ3) is 3.86. The number of aliphatic hydroxyl groups is 1. The number of nitrogens with one attached hydrogen (secondary N) is 1. The van der Waals surface area contributed by atoms with E-state index in [4.69, 9.17) is 10.2 Å². The summed E-state index contributed by atoms with van der Waals surface area (Å²) in [5.74, 6) is -0.354. The van der Waals surface area contributed by atoms with Gasteiger partial charge in [-0.2, -0.15) is 0 Å². The summed E-state index contributed by atoms with van der Waals surface area (Å²) < 4.78 is 0. The number of carbonyl (C=O) groups excluding carboxylic acids is 1. The number of carbonyl (C=O) groups is 1. The summed E-state index contributed by atoms with van der Waals surface area (Å²) in [6.07, 6.45) is 2.66. The Hall–Kier alpha value is -1.62. The average Bonchev–Trinajstić information content (AvgIpc) is 2.16. The van der Waals surface area contributed by atoms with Crippen LogP contribution in [0.4, 0.5) is 0 Å². The zero-order chi connectivity index (χ0) is 12.1. The summed E-state index contributed by atoms with van der Waals surface area (Å²) in [5, 5.41) is 21.0. The van der Waals surface area contributed by atoms with Crippen molar-refractivity contribution in [3.8, 4) is 5.75 Å². The van der Waals surface area contributed by atoms with Crippen molar-refractivity contribution in [3.05, 3.63) is 24.0 Å². The van der Waals surface area contributed by atoms with E-state index in [9.17, 15) is 4.79 Å². The Morgan fingerprint density at radius 2 is 2.19 bits per heavy atom. The molecule has 3 N–H and O–H groups in total. The first-order valence-corrected chi connectivity index (χ1v) is 5.12. The van der Waals surface area contributed by atoms with Crippen LogP contribution in [0.3, 0.4) is 0 Å². The first-order valence-electron chi connectivity index (χ1n) is 5.12. The summed E-state index contributed by atoms with van der Waals surface area (Å²) in [5.41, 5.74) is 0.303. The number of aromatic nitrogens is 1. The van der Waals surface area contributed by atoms with E-state index in [1.807, 2.05) is 0 Å². The van der Waals surface area contributed by atoms with E-state index in [-0.39, 0.29) is 17.7 Å². The van der Waals surface area contributed by atoms with E-state index in [1.54, 1.807) is 13.8 Å². The average molecular weight is 224 g/mol. The van der Waals surface area contributed by atoms with Gasteiger partial charge in [-0.15, -0.1) is 0 Å². The number of nitrogens with zero attached hydrogens (tertiary/aromatic N) is 1. The van der Waals surface area contributed by atoms with Crippen molar-refractivity contribution >= 4 is 5.91 Å². The van der Waals surface area contributed by atoms with E-state index in [0.29, 0.717) is 12.0 Å². The van der Waals surface area contributed by atoms with Gasteiger partial charge in [-0.05, 0) is 26.3 Å². The van der Waals surface area contributed by atoms with Gasteiger partial charge in [0, 0.05) is 12.2 Å². The molecule has 1 amide bonds. The zero-order valence-electron chi connectivity index (χ0n) is 9.34. The quantitative estimate of drug-likeness (QED) is 0.702. The van der Waals surface area contributed by atoms with Crippen LogP contribution < -0.4 is 5.32 Å². The molecule has 2 atom stereocenters. The molecule has 1 rings (SSSR count). The van der Waals surface area contributed by atoms with Crippen LogP contribution >= 0.6 is 0 Å². The molecule has 0 saturated carbocycles. The Kier molecular flexibility index (Phi) is 4.25. The van der Waals surface area contributed by atoms with Gasteiger partial charge in [0.2, 0.25) is 0 Å². The monoisotopic (exact) mass is 224 g/mol. The Morgan fingerprint density at radius 3 is 2.75 bits per heavy atom. The molecular weight excluding hydrogens is 208 g/mol. The number of amides is 1. The third-order valence-electron chi connectivity index (χ3n) is 2.06. The maximum Gasteiger partial charge on any atom is 0.253 e. The van der Waals surface area contributed by atoms with Crippen molar-refractivity contribution in [3.63, 3.8) is 0 Å². The van der Waals surface area contributed by atoms with Gasteiger partial charge in [-0.25, -0.2) is 0 Å². The van der Waals surface area contributed by atoms with Gasteiger partial charge in [0.15, 0.2) is 0 Å². The molecule has 0 aliphatic heterocycles. The Balaban J connectivity index is 2.59. The number of aliphatic hydroxyl groups excluding tert-OH is 1.